The molecule has 6 nitrogen and oxygen atoms in total. The maximum absolute atomic E-state index is 11.4. The molecule has 1 fully saturated rings. The van der Waals surface area contributed by atoms with E-state index in [9.17, 15) is 9.90 Å². The van der Waals surface area contributed by atoms with Gasteiger partial charge in [0.25, 0.3) is 0 Å². The Hall–Kier alpha value is -1.56. The number of hydrogen-bond donors (Lipinski definition) is 2. The predicted octanol–water partition coefficient (Wildman–Crippen LogP) is 0.713. The van der Waals surface area contributed by atoms with E-state index in [1.54, 1.807) is 6.20 Å². The Labute approximate surface area is 99.6 Å². The number of hydrogen-bond acceptors (Lipinski definition) is 4. The summed E-state index contributed by atoms with van der Waals surface area (Å²) in [4.78, 5) is 15.5. The summed E-state index contributed by atoms with van der Waals surface area (Å²) in [5.41, 5.74) is -0.732. The molecule has 0 spiro atoms. The molecule has 0 unspecified atom stereocenters. The highest BCUT2D eigenvalue weighted by atomic mass is 16.5. The molecular weight excluding hydrogens is 222 g/mol. The number of imidazole rings is 1. The van der Waals surface area contributed by atoms with Gasteiger partial charge >= 0.3 is 5.97 Å². The van der Waals surface area contributed by atoms with Gasteiger partial charge in [-0.15, -0.1) is 0 Å². The van der Waals surface area contributed by atoms with E-state index in [0.717, 1.165) is 0 Å². The van der Waals surface area contributed by atoms with Crippen molar-refractivity contribution in [3.05, 3.63) is 12.4 Å². The first-order valence-electron chi connectivity index (χ1n) is 5.66. The minimum Gasteiger partial charge on any atom is -0.481 e. The smallest absolute Gasteiger partial charge is 0.311 e. The summed E-state index contributed by atoms with van der Waals surface area (Å²) in [5.74, 6) is -0.0698. The van der Waals surface area contributed by atoms with Crippen LogP contribution in [0.1, 0.15) is 12.8 Å². The van der Waals surface area contributed by atoms with Crippen LogP contribution >= 0.6 is 0 Å². The van der Waals surface area contributed by atoms with Crippen molar-refractivity contribution in [3.8, 4) is 0 Å². The summed E-state index contributed by atoms with van der Waals surface area (Å²) in [6, 6.07) is 0. The summed E-state index contributed by atoms with van der Waals surface area (Å²) in [5, 5.41) is 12.5. The van der Waals surface area contributed by atoms with E-state index < -0.39 is 11.4 Å². The largest absolute Gasteiger partial charge is 0.481 e. The zero-order valence-electron chi connectivity index (χ0n) is 9.85. The highest BCUT2D eigenvalue weighted by Gasteiger charge is 2.40. The Balaban J connectivity index is 2.03. The van der Waals surface area contributed by atoms with E-state index in [1.807, 2.05) is 17.8 Å². The molecule has 1 aromatic heterocycles. The molecule has 1 aromatic rings. The summed E-state index contributed by atoms with van der Waals surface area (Å²) >= 11 is 0. The lowest BCUT2D eigenvalue weighted by Gasteiger charge is -2.33. The first-order chi connectivity index (χ1) is 8.14. The van der Waals surface area contributed by atoms with Gasteiger partial charge in [-0.2, -0.15) is 0 Å². The van der Waals surface area contributed by atoms with E-state index in [4.69, 9.17) is 4.74 Å². The van der Waals surface area contributed by atoms with Crippen molar-refractivity contribution in [2.75, 3.05) is 25.1 Å². The van der Waals surface area contributed by atoms with Crippen LogP contribution in [0.5, 0.6) is 0 Å². The zero-order chi connectivity index (χ0) is 12.3. The summed E-state index contributed by atoms with van der Waals surface area (Å²) < 4.78 is 7.05. The van der Waals surface area contributed by atoms with Crippen LogP contribution in [0, 0.1) is 5.41 Å². The molecule has 0 amide bonds. The number of aryl methyl sites for hydroxylation is 1. The van der Waals surface area contributed by atoms with E-state index in [0.29, 0.717) is 38.5 Å². The third-order valence-electron chi connectivity index (χ3n) is 3.31. The first-order valence-corrected chi connectivity index (χ1v) is 5.66. The average molecular weight is 239 g/mol. The molecule has 0 aliphatic carbocycles. The molecule has 0 bridgehead atoms. The highest BCUT2D eigenvalue weighted by molar-refractivity contribution is 5.75. The predicted molar refractivity (Wildman–Crippen MR) is 61.8 cm³/mol. The van der Waals surface area contributed by atoms with Gasteiger partial charge in [-0.25, -0.2) is 4.98 Å². The van der Waals surface area contributed by atoms with Gasteiger partial charge in [0, 0.05) is 39.2 Å². The third kappa shape index (κ3) is 2.41. The second-order valence-corrected chi connectivity index (χ2v) is 4.41. The van der Waals surface area contributed by atoms with Gasteiger partial charge < -0.3 is 19.7 Å². The Morgan fingerprint density at radius 2 is 2.35 bits per heavy atom. The summed E-state index contributed by atoms with van der Waals surface area (Å²) in [7, 11) is 1.87. The molecule has 2 heterocycles. The van der Waals surface area contributed by atoms with Crippen LogP contribution in [0.3, 0.4) is 0 Å². The molecule has 2 rings (SSSR count). The highest BCUT2D eigenvalue weighted by Crippen LogP contribution is 2.31. The monoisotopic (exact) mass is 239 g/mol. The van der Waals surface area contributed by atoms with Crippen molar-refractivity contribution in [3.63, 3.8) is 0 Å². The van der Waals surface area contributed by atoms with Crippen LogP contribution in [0.25, 0.3) is 0 Å². The molecule has 94 valence electrons. The molecule has 2 N–H and O–H groups in total. The third-order valence-corrected chi connectivity index (χ3v) is 3.31. The number of anilines is 1. The molecule has 0 aromatic carbocycles. The lowest BCUT2D eigenvalue weighted by atomic mass is 9.80. The van der Waals surface area contributed by atoms with E-state index >= 15 is 0 Å². The lowest BCUT2D eigenvalue weighted by molar-refractivity contribution is -0.153. The van der Waals surface area contributed by atoms with Gasteiger partial charge in [0.15, 0.2) is 0 Å². The van der Waals surface area contributed by atoms with E-state index in [1.165, 1.54) is 0 Å². The number of aromatic nitrogens is 2. The zero-order valence-corrected chi connectivity index (χ0v) is 9.85. The number of rotatable bonds is 4. The minimum absolute atomic E-state index is 0.385. The molecule has 17 heavy (non-hydrogen) atoms. The topological polar surface area (TPSA) is 76.4 Å². The summed E-state index contributed by atoms with van der Waals surface area (Å²) in [6.45, 7) is 1.40. The number of ether oxygens (including phenoxy) is 1. The van der Waals surface area contributed by atoms with Crippen molar-refractivity contribution in [1.29, 1.82) is 0 Å². The fourth-order valence-corrected chi connectivity index (χ4v) is 2.01. The lowest BCUT2D eigenvalue weighted by Crippen LogP contribution is -2.43. The van der Waals surface area contributed by atoms with Crippen LogP contribution in [0.15, 0.2) is 12.4 Å². The Kier molecular flexibility index (Phi) is 3.33. The maximum atomic E-state index is 11.4. The van der Waals surface area contributed by atoms with Crippen molar-refractivity contribution in [2.45, 2.75) is 12.8 Å². The minimum atomic E-state index is -0.762. The van der Waals surface area contributed by atoms with Gasteiger partial charge in [0.05, 0.1) is 5.41 Å². The van der Waals surface area contributed by atoms with Crippen molar-refractivity contribution >= 4 is 11.9 Å². The number of carbonyl (C=O) groups is 1. The normalized spacial score (nSPS) is 18.9. The number of nitrogens with one attached hydrogen (secondary N) is 1. The van der Waals surface area contributed by atoms with E-state index in [2.05, 4.69) is 10.3 Å². The van der Waals surface area contributed by atoms with Gasteiger partial charge in [-0.3, -0.25) is 4.79 Å². The van der Waals surface area contributed by atoms with Crippen molar-refractivity contribution in [2.24, 2.45) is 12.5 Å². The maximum Gasteiger partial charge on any atom is 0.311 e. The van der Waals surface area contributed by atoms with E-state index in [-0.39, 0.29) is 0 Å². The Morgan fingerprint density at radius 1 is 1.65 bits per heavy atom. The molecule has 1 saturated heterocycles. The molecule has 6 heteroatoms. The second kappa shape index (κ2) is 4.75. The second-order valence-electron chi connectivity index (χ2n) is 4.41. The standard InChI is InChI=1S/C11H17N3O3/c1-14-5-4-12-10(14)13-8-11(9(15)16)2-6-17-7-3-11/h4-5H,2-3,6-8H2,1H3,(H,12,13)(H,15,16). The van der Waals surface area contributed by atoms with Gasteiger partial charge in [-0.1, -0.05) is 0 Å². The molecule has 0 radical (unpaired) electrons. The fourth-order valence-electron chi connectivity index (χ4n) is 2.01. The molecule has 1 aliphatic rings. The number of nitrogens with zero attached hydrogens (tertiary/aromatic N) is 2. The van der Waals surface area contributed by atoms with Crippen molar-refractivity contribution in [1.82, 2.24) is 9.55 Å². The van der Waals surface area contributed by atoms with Crippen molar-refractivity contribution < 1.29 is 14.6 Å². The van der Waals surface area contributed by atoms with Crippen LogP contribution in [-0.2, 0) is 16.6 Å². The summed E-state index contributed by atoms with van der Waals surface area (Å²) in [6.07, 6.45) is 4.58. The Morgan fingerprint density at radius 3 is 2.88 bits per heavy atom. The molecular formula is C11H17N3O3. The number of aliphatic carboxylic acids is 1. The quantitative estimate of drug-likeness (QED) is 0.809. The van der Waals surface area contributed by atoms with Crippen LogP contribution < -0.4 is 5.32 Å². The van der Waals surface area contributed by atoms with Gasteiger partial charge in [0.2, 0.25) is 5.95 Å². The SMILES string of the molecule is Cn1ccnc1NCC1(C(=O)O)CCOCC1. The van der Waals surface area contributed by atoms with Gasteiger partial charge in [-0.05, 0) is 12.8 Å². The first kappa shape index (κ1) is 11.9. The Bertz CT molecular complexity index is 396. The number of carboxylic acid groups (broad SMARTS) is 1. The fraction of sp³-hybridized carbons (Fsp3) is 0.636. The van der Waals surface area contributed by atoms with Crippen LogP contribution in [-0.4, -0.2) is 40.4 Å². The number of carboxylic acids is 1. The van der Waals surface area contributed by atoms with Gasteiger partial charge in [0.1, 0.15) is 0 Å². The average Bonchev–Trinajstić information content (AvgIpc) is 2.73. The molecule has 0 atom stereocenters. The molecule has 0 saturated carbocycles. The molecule has 1 aliphatic heterocycles. The van der Waals surface area contributed by atoms with Crippen LogP contribution in [0.4, 0.5) is 5.95 Å². The van der Waals surface area contributed by atoms with Crippen LogP contribution in [0.2, 0.25) is 0 Å².